The molecule has 1 aromatic carbocycles. The molecule has 0 bridgehead atoms. The van der Waals surface area contributed by atoms with Crippen molar-refractivity contribution in [3.63, 3.8) is 0 Å². The second kappa shape index (κ2) is 7.10. The molecule has 3 rings (SSSR count). The summed E-state index contributed by atoms with van der Waals surface area (Å²) in [6.07, 6.45) is 1.73. The van der Waals surface area contributed by atoms with Crippen LogP contribution in [-0.2, 0) is 6.54 Å². The van der Waals surface area contributed by atoms with E-state index in [1.165, 1.54) is 4.90 Å². The number of likely N-dealkylation sites (N-methyl/N-ethyl adjacent to an activating group) is 1. The number of thiazole rings is 1. The van der Waals surface area contributed by atoms with Gasteiger partial charge in [0.2, 0.25) is 0 Å². The molecular formula is C17H21N3O2S. The van der Waals surface area contributed by atoms with E-state index in [0.717, 1.165) is 29.1 Å². The quantitative estimate of drug-likeness (QED) is 0.855. The van der Waals surface area contributed by atoms with Crippen molar-refractivity contribution < 1.29 is 9.90 Å². The van der Waals surface area contributed by atoms with Gasteiger partial charge in [-0.25, -0.2) is 9.78 Å². The zero-order chi connectivity index (χ0) is 16.2. The number of carbonyl (C=O) groups is 1. The van der Waals surface area contributed by atoms with Crippen LogP contribution in [0.5, 0.6) is 0 Å². The van der Waals surface area contributed by atoms with Gasteiger partial charge in [0.1, 0.15) is 5.01 Å². The molecule has 0 aliphatic heterocycles. The maximum atomic E-state index is 12.1. The number of aromatic nitrogens is 1. The van der Waals surface area contributed by atoms with Crippen LogP contribution < -0.4 is 5.32 Å². The Kier molecular flexibility index (Phi) is 4.93. The highest BCUT2D eigenvalue weighted by molar-refractivity contribution is 7.13. The highest BCUT2D eigenvalue weighted by Crippen LogP contribution is 2.32. The molecule has 1 unspecified atom stereocenters. The average molecular weight is 331 g/mol. The molecule has 0 saturated heterocycles. The van der Waals surface area contributed by atoms with E-state index in [1.54, 1.807) is 18.4 Å². The summed E-state index contributed by atoms with van der Waals surface area (Å²) in [5, 5.41) is 15.7. The maximum absolute atomic E-state index is 12.1. The molecule has 0 radical (unpaired) electrons. The second-order valence-electron chi connectivity index (χ2n) is 5.95. The number of rotatable bonds is 6. The zero-order valence-corrected chi connectivity index (χ0v) is 13.9. The molecule has 5 nitrogen and oxygen atoms in total. The molecular weight excluding hydrogens is 310 g/mol. The van der Waals surface area contributed by atoms with Gasteiger partial charge in [-0.15, -0.1) is 11.3 Å². The van der Waals surface area contributed by atoms with Gasteiger partial charge in [0.05, 0.1) is 18.3 Å². The third kappa shape index (κ3) is 4.30. The van der Waals surface area contributed by atoms with Gasteiger partial charge in [0.15, 0.2) is 0 Å². The maximum Gasteiger partial charge on any atom is 0.317 e. The van der Waals surface area contributed by atoms with Crippen LogP contribution in [0.1, 0.15) is 18.5 Å². The lowest BCUT2D eigenvalue weighted by Crippen LogP contribution is -2.41. The number of carbonyl (C=O) groups excluding carboxylic acids is 1. The van der Waals surface area contributed by atoms with Crippen molar-refractivity contribution in [2.75, 3.05) is 13.6 Å². The molecule has 1 fully saturated rings. The number of hydrogen-bond donors (Lipinski definition) is 2. The Morgan fingerprint density at radius 3 is 2.87 bits per heavy atom. The lowest BCUT2D eigenvalue weighted by atomic mass is 10.2. The molecule has 2 amide bonds. The van der Waals surface area contributed by atoms with Crippen LogP contribution in [0.25, 0.3) is 10.6 Å². The van der Waals surface area contributed by atoms with E-state index >= 15 is 0 Å². The fourth-order valence-corrected chi connectivity index (χ4v) is 3.22. The van der Waals surface area contributed by atoms with Crippen LogP contribution in [0.2, 0.25) is 0 Å². The predicted molar refractivity (Wildman–Crippen MR) is 91.1 cm³/mol. The zero-order valence-electron chi connectivity index (χ0n) is 13.1. The first kappa shape index (κ1) is 16.0. The van der Waals surface area contributed by atoms with Gasteiger partial charge in [-0.3, -0.25) is 0 Å². The summed E-state index contributed by atoms with van der Waals surface area (Å²) < 4.78 is 0. The normalized spacial score (nSPS) is 15.2. The molecule has 23 heavy (non-hydrogen) atoms. The Balaban J connectivity index is 1.50. The van der Waals surface area contributed by atoms with E-state index in [0.29, 0.717) is 19.0 Å². The van der Waals surface area contributed by atoms with Crippen LogP contribution in [0.3, 0.4) is 0 Å². The Morgan fingerprint density at radius 1 is 1.43 bits per heavy atom. The molecule has 122 valence electrons. The third-order valence-electron chi connectivity index (χ3n) is 3.97. The van der Waals surface area contributed by atoms with Gasteiger partial charge in [-0.05, 0) is 18.8 Å². The minimum atomic E-state index is -0.408. The van der Waals surface area contributed by atoms with Crippen molar-refractivity contribution >= 4 is 17.4 Å². The van der Waals surface area contributed by atoms with E-state index in [9.17, 15) is 9.90 Å². The van der Waals surface area contributed by atoms with Crippen LogP contribution in [-0.4, -0.2) is 40.7 Å². The molecule has 1 atom stereocenters. The molecule has 1 heterocycles. The number of aliphatic hydroxyl groups excluding tert-OH is 1. The summed E-state index contributed by atoms with van der Waals surface area (Å²) in [6, 6.07) is 9.81. The fourth-order valence-electron chi connectivity index (χ4n) is 2.40. The van der Waals surface area contributed by atoms with Gasteiger partial charge in [-0.1, -0.05) is 30.3 Å². The summed E-state index contributed by atoms with van der Waals surface area (Å²) in [5.74, 6) is 0.372. The van der Waals surface area contributed by atoms with E-state index in [4.69, 9.17) is 0 Å². The van der Waals surface area contributed by atoms with E-state index in [1.807, 2.05) is 35.7 Å². The monoisotopic (exact) mass is 331 g/mol. The highest BCUT2D eigenvalue weighted by Gasteiger charge is 2.31. The second-order valence-corrected chi connectivity index (χ2v) is 6.81. The SMILES string of the molecule is CN(CC(O)C1CC1)C(=O)NCc1csc(-c2ccccc2)n1. The molecule has 2 N–H and O–H groups in total. The first-order valence-corrected chi connectivity index (χ1v) is 8.68. The summed E-state index contributed by atoms with van der Waals surface area (Å²) in [4.78, 5) is 18.1. The highest BCUT2D eigenvalue weighted by atomic mass is 32.1. The Hall–Kier alpha value is -1.92. The minimum Gasteiger partial charge on any atom is -0.391 e. The number of hydrogen-bond acceptors (Lipinski definition) is 4. The Labute approximate surface area is 140 Å². The predicted octanol–water partition coefficient (Wildman–Crippen LogP) is 2.72. The first-order chi connectivity index (χ1) is 11.1. The minimum absolute atomic E-state index is 0.182. The van der Waals surface area contributed by atoms with Crippen molar-refractivity contribution in [1.82, 2.24) is 15.2 Å². The van der Waals surface area contributed by atoms with Crippen LogP contribution in [0, 0.1) is 5.92 Å². The largest absolute Gasteiger partial charge is 0.391 e. The van der Waals surface area contributed by atoms with Crippen LogP contribution >= 0.6 is 11.3 Å². The van der Waals surface area contributed by atoms with Crippen molar-refractivity contribution in [2.24, 2.45) is 5.92 Å². The molecule has 6 heteroatoms. The molecule has 2 aromatic rings. The van der Waals surface area contributed by atoms with Gasteiger partial charge in [-0.2, -0.15) is 0 Å². The van der Waals surface area contributed by atoms with Gasteiger partial charge in [0.25, 0.3) is 0 Å². The Morgan fingerprint density at radius 2 is 2.17 bits per heavy atom. The van der Waals surface area contributed by atoms with Crippen molar-refractivity contribution in [3.05, 3.63) is 41.4 Å². The summed E-state index contributed by atoms with van der Waals surface area (Å²) >= 11 is 1.57. The van der Waals surface area contributed by atoms with Crippen LogP contribution in [0.15, 0.2) is 35.7 Å². The smallest absolute Gasteiger partial charge is 0.317 e. The molecule has 1 saturated carbocycles. The van der Waals surface area contributed by atoms with Crippen LogP contribution in [0.4, 0.5) is 4.79 Å². The third-order valence-corrected chi connectivity index (χ3v) is 4.91. The topological polar surface area (TPSA) is 65.5 Å². The van der Waals surface area contributed by atoms with Crippen molar-refractivity contribution in [2.45, 2.75) is 25.5 Å². The lowest BCUT2D eigenvalue weighted by molar-refractivity contribution is 0.113. The summed E-state index contributed by atoms with van der Waals surface area (Å²) in [6.45, 7) is 0.773. The molecule has 1 aliphatic rings. The number of urea groups is 1. The number of aliphatic hydroxyl groups is 1. The Bertz CT molecular complexity index is 655. The first-order valence-electron chi connectivity index (χ1n) is 7.80. The van der Waals surface area contributed by atoms with Gasteiger partial charge >= 0.3 is 6.03 Å². The average Bonchev–Trinajstić information content (AvgIpc) is 3.32. The van der Waals surface area contributed by atoms with Gasteiger partial charge in [0, 0.05) is 24.5 Å². The summed E-state index contributed by atoms with van der Waals surface area (Å²) in [5.41, 5.74) is 1.93. The van der Waals surface area contributed by atoms with E-state index in [2.05, 4.69) is 10.3 Å². The number of amides is 2. The number of nitrogens with zero attached hydrogens (tertiary/aromatic N) is 2. The van der Waals surface area contributed by atoms with E-state index < -0.39 is 6.10 Å². The molecule has 1 aliphatic carbocycles. The van der Waals surface area contributed by atoms with E-state index in [-0.39, 0.29) is 6.03 Å². The fraction of sp³-hybridized carbons (Fsp3) is 0.412. The van der Waals surface area contributed by atoms with Gasteiger partial charge < -0.3 is 15.3 Å². The van der Waals surface area contributed by atoms with Crippen molar-refractivity contribution in [1.29, 1.82) is 0 Å². The summed E-state index contributed by atoms with van der Waals surface area (Å²) in [7, 11) is 1.71. The lowest BCUT2D eigenvalue weighted by Gasteiger charge is -2.20. The number of nitrogens with one attached hydrogen (secondary N) is 1. The standard InChI is InChI=1S/C17H21N3O2S/c1-20(10-15(21)12-7-8-12)17(22)18-9-14-11-23-16(19-14)13-5-3-2-4-6-13/h2-6,11-12,15,21H,7-10H2,1H3,(H,18,22). The molecule has 1 aromatic heterocycles. The molecule has 0 spiro atoms. The number of benzene rings is 1. The van der Waals surface area contributed by atoms with Crippen molar-refractivity contribution in [3.8, 4) is 10.6 Å².